The van der Waals surface area contributed by atoms with Crippen LogP contribution in [-0.4, -0.2) is 17.0 Å². The van der Waals surface area contributed by atoms with Gasteiger partial charge in [-0.15, -0.1) is 0 Å². The summed E-state index contributed by atoms with van der Waals surface area (Å²) >= 11 is 17.4. The first-order chi connectivity index (χ1) is 10.9. The molecule has 0 bridgehead atoms. The van der Waals surface area contributed by atoms with Gasteiger partial charge in [0.1, 0.15) is 5.02 Å². The first kappa shape index (κ1) is 17.2. The summed E-state index contributed by atoms with van der Waals surface area (Å²) in [5, 5.41) is 15.1. The minimum atomic E-state index is -0.605. The third-order valence-corrected chi connectivity index (χ3v) is 3.59. The van der Waals surface area contributed by atoms with Crippen LogP contribution in [0.1, 0.15) is 15.9 Å². The topological polar surface area (TPSA) is 84.6 Å². The van der Waals surface area contributed by atoms with Crippen molar-refractivity contribution >= 4 is 52.6 Å². The molecule has 0 aliphatic rings. The van der Waals surface area contributed by atoms with Gasteiger partial charge >= 0.3 is 0 Å². The maximum atomic E-state index is 11.9. The number of carbonyl (C=O) groups excluding carboxylic acids is 1. The molecule has 118 valence electrons. The van der Waals surface area contributed by atoms with Gasteiger partial charge in [-0.2, -0.15) is 5.10 Å². The molecule has 1 amide bonds. The lowest BCUT2D eigenvalue weighted by Crippen LogP contribution is -2.18. The summed E-state index contributed by atoms with van der Waals surface area (Å²) in [6, 6.07) is 8.56. The van der Waals surface area contributed by atoms with Crippen molar-refractivity contribution in [2.45, 2.75) is 0 Å². The van der Waals surface area contributed by atoms with Crippen molar-refractivity contribution in [3.63, 3.8) is 0 Å². The normalized spacial score (nSPS) is 10.7. The minimum absolute atomic E-state index is 0.0177. The number of carbonyl (C=O) groups is 1. The van der Waals surface area contributed by atoms with Crippen molar-refractivity contribution in [3.8, 4) is 0 Å². The summed E-state index contributed by atoms with van der Waals surface area (Å²) in [6.07, 6.45) is 1.26. The minimum Gasteiger partial charge on any atom is -0.267 e. The molecule has 9 heteroatoms. The van der Waals surface area contributed by atoms with E-state index in [4.69, 9.17) is 34.8 Å². The van der Waals surface area contributed by atoms with Crippen molar-refractivity contribution in [1.82, 2.24) is 5.43 Å². The van der Waals surface area contributed by atoms with Crippen molar-refractivity contribution in [3.05, 3.63) is 72.7 Å². The van der Waals surface area contributed by atoms with Crippen LogP contribution in [0.3, 0.4) is 0 Å². The van der Waals surface area contributed by atoms with E-state index in [1.807, 2.05) is 0 Å². The molecule has 0 saturated carbocycles. The molecule has 0 atom stereocenters. The molecule has 0 saturated heterocycles. The van der Waals surface area contributed by atoms with Gasteiger partial charge in [0, 0.05) is 16.7 Å². The van der Waals surface area contributed by atoms with E-state index in [2.05, 4.69) is 10.5 Å². The quantitative estimate of drug-likeness (QED) is 0.493. The lowest BCUT2D eigenvalue weighted by molar-refractivity contribution is -0.384. The van der Waals surface area contributed by atoms with Gasteiger partial charge in [-0.05, 0) is 24.3 Å². The van der Waals surface area contributed by atoms with Crippen LogP contribution in [-0.2, 0) is 0 Å². The Balaban J connectivity index is 2.11. The Morgan fingerprint density at radius 2 is 1.87 bits per heavy atom. The molecular formula is C14H8Cl3N3O3. The number of nitrogens with zero attached hydrogens (tertiary/aromatic N) is 2. The number of halogens is 3. The van der Waals surface area contributed by atoms with Crippen LogP contribution in [0, 0.1) is 10.1 Å². The Morgan fingerprint density at radius 1 is 1.13 bits per heavy atom. The standard InChI is InChI=1S/C14H8Cl3N3O3/c15-9-2-3-10(12(17)6-9)14(21)19-18-7-8-1-4-11(16)13(5-8)20(22)23/h1-7H,(H,19,21)/b18-7-. The van der Waals surface area contributed by atoms with E-state index < -0.39 is 10.8 Å². The number of nitro groups is 1. The molecule has 0 unspecified atom stereocenters. The van der Waals surface area contributed by atoms with Gasteiger partial charge in [-0.3, -0.25) is 14.9 Å². The van der Waals surface area contributed by atoms with E-state index >= 15 is 0 Å². The van der Waals surface area contributed by atoms with Gasteiger partial charge in [-0.1, -0.05) is 40.9 Å². The van der Waals surface area contributed by atoms with Crippen molar-refractivity contribution in [2.75, 3.05) is 0 Å². The predicted octanol–water partition coefficient (Wildman–Crippen LogP) is 4.32. The molecule has 2 aromatic carbocycles. The molecule has 23 heavy (non-hydrogen) atoms. The second-order valence-electron chi connectivity index (χ2n) is 4.29. The Kier molecular flexibility index (Phi) is 5.54. The number of nitro benzene ring substituents is 1. The van der Waals surface area contributed by atoms with E-state index in [1.165, 1.54) is 42.6 Å². The third-order valence-electron chi connectivity index (χ3n) is 2.72. The van der Waals surface area contributed by atoms with Crippen LogP contribution in [0.5, 0.6) is 0 Å². The molecule has 0 aromatic heterocycles. The van der Waals surface area contributed by atoms with Gasteiger partial charge in [0.15, 0.2) is 0 Å². The van der Waals surface area contributed by atoms with Gasteiger partial charge in [0.2, 0.25) is 0 Å². The highest BCUT2D eigenvalue weighted by molar-refractivity contribution is 6.36. The lowest BCUT2D eigenvalue weighted by Gasteiger charge is -2.03. The number of rotatable bonds is 4. The van der Waals surface area contributed by atoms with Crippen LogP contribution in [0.2, 0.25) is 15.1 Å². The van der Waals surface area contributed by atoms with Crippen LogP contribution in [0.25, 0.3) is 0 Å². The first-order valence-electron chi connectivity index (χ1n) is 6.11. The zero-order valence-electron chi connectivity index (χ0n) is 11.3. The fourth-order valence-corrected chi connectivity index (χ4v) is 2.33. The molecular weight excluding hydrogens is 365 g/mol. The average molecular weight is 373 g/mol. The lowest BCUT2D eigenvalue weighted by atomic mass is 10.2. The first-order valence-corrected chi connectivity index (χ1v) is 7.24. The van der Waals surface area contributed by atoms with Crippen LogP contribution < -0.4 is 5.43 Å². The highest BCUT2D eigenvalue weighted by Crippen LogP contribution is 2.24. The molecule has 0 aliphatic carbocycles. The Labute approximate surface area is 145 Å². The SMILES string of the molecule is O=C(N/N=C\c1ccc(Cl)c([N+](=O)[O-])c1)c1ccc(Cl)cc1Cl. The maximum Gasteiger partial charge on any atom is 0.288 e. The van der Waals surface area contributed by atoms with Crippen LogP contribution in [0.4, 0.5) is 5.69 Å². The van der Waals surface area contributed by atoms with Crippen LogP contribution in [0.15, 0.2) is 41.5 Å². The second kappa shape index (κ2) is 7.41. The zero-order chi connectivity index (χ0) is 17.0. The highest BCUT2D eigenvalue weighted by Gasteiger charge is 2.12. The van der Waals surface area contributed by atoms with Crippen molar-refractivity contribution in [2.24, 2.45) is 5.10 Å². The summed E-state index contributed by atoms with van der Waals surface area (Å²) in [7, 11) is 0. The summed E-state index contributed by atoms with van der Waals surface area (Å²) in [4.78, 5) is 22.1. The van der Waals surface area contributed by atoms with E-state index in [0.29, 0.717) is 10.6 Å². The molecule has 2 rings (SSSR count). The molecule has 6 nitrogen and oxygen atoms in total. The Bertz CT molecular complexity index is 809. The van der Waals surface area contributed by atoms with E-state index in [0.717, 1.165) is 0 Å². The summed E-state index contributed by atoms with van der Waals surface area (Å²) in [5.41, 5.74) is 2.63. The zero-order valence-corrected chi connectivity index (χ0v) is 13.6. The van der Waals surface area contributed by atoms with E-state index in [-0.39, 0.29) is 21.3 Å². The van der Waals surface area contributed by atoms with Crippen LogP contribution >= 0.6 is 34.8 Å². The number of nitrogens with one attached hydrogen (secondary N) is 1. The van der Waals surface area contributed by atoms with Crippen molar-refractivity contribution in [1.29, 1.82) is 0 Å². The Morgan fingerprint density at radius 3 is 2.52 bits per heavy atom. The molecule has 0 radical (unpaired) electrons. The molecule has 1 N–H and O–H groups in total. The van der Waals surface area contributed by atoms with Gasteiger partial charge in [0.05, 0.1) is 21.7 Å². The number of benzene rings is 2. The number of hydrogen-bond donors (Lipinski definition) is 1. The predicted molar refractivity (Wildman–Crippen MR) is 89.6 cm³/mol. The van der Waals surface area contributed by atoms with Gasteiger partial charge in [0.25, 0.3) is 11.6 Å². The molecule has 0 heterocycles. The number of amides is 1. The molecule has 2 aromatic rings. The van der Waals surface area contributed by atoms with E-state index in [9.17, 15) is 14.9 Å². The fourth-order valence-electron chi connectivity index (χ4n) is 1.65. The van der Waals surface area contributed by atoms with Gasteiger partial charge in [-0.25, -0.2) is 5.43 Å². The van der Waals surface area contributed by atoms with Crippen molar-refractivity contribution < 1.29 is 9.72 Å². The second-order valence-corrected chi connectivity index (χ2v) is 5.54. The van der Waals surface area contributed by atoms with E-state index in [1.54, 1.807) is 0 Å². The summed E-state index contributed by atoms with van der Waals surface area (Å²) in [5.74, 6) is -0.536. The summed E-state index contributed by atoms with van der Waals surface area (Å²) in [6.45, 7) is 0. The smallest absolute Gasteiger partial charge is 0.267 e. The van der Waals surface area contributed by atoms with Gasteiger partial charge < -0.3 is 0 Å². The maximum absolute atomic E-state index is 11.9. The molecule has 0 aliphatic heterocycles. The number of hydrogen-bond acceptors (Lipinski definition) is 4. The fraction of sp³-hybridized carbons (Fsp3) is 0. The largest absolute Gasteiger partial charge is 0.288 e. The third kappa shape index (κ3) is 4.41. The Hall–Kier alpha value is -2.15. The monoisotopic (exact) mass is 371 g/mol. The molecule has 0 fully saturated rings. The summed E-state index contributed by atoms with van der Waals surface area (Å²) < 4.78 is 0. The highest BCUT2D eigenvalue weighted by atomic mass is 35.5. The average Bonchev–Trinajstić information content (AvgIpc) is 2.48. The number of hydrazone groups is 1. The molecule has 0 spiro atoms.